The minimum absolute atomic E-state index is 0. The van der Waals surface area contributed by atoms with E-state index in [1.165, 1.54) is 0 Å². The second-order valence-electron chi connectivity index (χ2n) is 5.32. The van der Waals surface area contributed by atoms with E-state index in [4.69, 9.17) is 0 Å². The van der Waals surface area contributed by atoms with Gasteiger partial charge in [0.25, 0.3) is 0 Å². The Labute approximate surface area is 131 Å². The molecule has 3 nitrogen and oxygen atoms in total. The molecule has 0 atom stereocenters. The molecule has 0 aliphatic heterocycles. The number of nitrogens with zero attached hydrogens (tertiary/aromatic N) is 3. The topological polar surface area (TPSA) is 9.72 Å². The number of hydrogen-bond acceptors (Lipinski definition) is 3. The van der Waals surface area contributed by atoms with E-state index in [1.54, 1.807) is 0 Å². The minimum Gasteiger partial charge on any atom is 0 e. The van der Waals surface area contributed by atoms with Crippen LogP contribution in [0.3, 0.4) is 0 Å². The minimum atomic E-state index is -2.93. The van der Waals surface area contributed by atoms with Crippen molar-refractivity contribution in [2.75, 3.05) is 42.3 Å². The summed E-state index contributed by atoms with van der Waals surface area (Å²) in [5.74, 6) is 0. The van der Waals surface area contributed by atoms with Crippen molar-refractivity contribution in [2.24, 2.45) is 0 Å². The maximum Gasteiger partial charge on any atom is 0 e. The van der Waals surface area contributed by atoms with Crippen molar-refractivity contribution in [3.63, 3.8) is 0 Å². The third-order valence-corrected chi connectivity index (χ3v) is 23.4. The Morgan fingerprint density at radius 2 is 1.06 bits per heavy atom. The van der Waals surface area contributed by atoms with Crippen LogP contribution < -0.4 is 0 Å². The first-order chi connectivity index (χ1) is 7.29. The first-order valence-corrected chi connectivity index (χ1v) is 12.3. The maximum absolute atomic E-state index is 2.93. The molecule has 1 aliphatic carbocycles. The van der Waals surface area contributed by atoms with Gasteiger partial charge in [0, 0.05) is 25.8 Å². The summed E-state index contributed by atoms with van der Waals surface area (Å²) in [4.78, 5) is 0. The summed E-state index contributed by atoms with van der Waals surface area (Å²) < 4.78 is 7.69. The fourth-order valence-corrected chi connectivity index (χ4v) is 24.7. The van der Waals surface area contributed by atoms with E-state index in [9.17, 15) is 0 Å². The zero-order valence-corrected chi connectivity index (χ0v) is 19.3. The zero-order valence-electron chi connectivity index (χ0n) is 12.2. The Morgan fingerprint density at radius 1 is 0.765 bits per heavy atom. The van der Waals surface area contributed by atoms with Crippen molar-refractivity contribution < 1.29 is 46.7 Å². The van der Waals surface area contributed by atoms with Crippen LogP contribution in [0.25, 0.3) is 0 Å². The number of hydrogen-bond donors (Lipinski definition) is 0. The maximum atomic E-state index is 2.49. The summed E-state index contributed by atoms with van der Waals surface area (Å²) in [6.07, 6.45) is 9.11. The van der Waals surface area contributed by atoms with Crippen LogP contribution in [0, 0.1) is 0 Å². The Balaban J connectivity index is 0.00000256. The van der Waals surface area contributed by atoms with Crippen LogP contribution >= 0.6 is 0 Å². The molecule has 0 aromatic rings. The van der Waals surface area contributed by atoms with Gasteiger partial charge in [0.2, 0.25) is 0 Å². The molecule has 0 saturated heterocycles. The molecule has 0 saturated carbocycles. The molecule has 0 aromatic carbocycles. The molecule has 0 N–H and O–H groups in total. The summed E-state index contributed by atoms with van der Waals surface area (Å²) >= 11 is -2.93. The van der Waals surface area contributed by atoms with Gasteiger partial charge in [0.05, 0.1) is 0 Å². The van der Waals surface area contributed by atoms with Crippen molar-refractivity contribution in [3.8, 4) is 0 Å². The van der Waals surface area contributed by atoms with Gasteiger partial charge < -0.3 is 0 Å². The molecular weight excluding hydrogens is 543 g/mol. The Kier molecular flexibility index (Phi) is 6.93. The molecule has 96 valence electrons. The Hall–Kier alpha value is 1.10. The summed E-state index contributed by atoms with van der Waals surface area (Å²) in [7, 11) is 13.4. The molecule has 0 bridgehead atoms. The van der Waals surface area contributed by atoms with Crippen LogP contribution in [0.15, 0.2) is 24.3 Å². The van der Waals surface area contributed by atoms with Gasteiger partial charge in [-0.05, 0) is 0 Å². The second-order valence-corrected chi connectivity index (χ2v) is 23.4. The average Bonchev–Trinajstić information content (AvgIpc) is 2.51. The zero-order chi connectivity index (χ0) is 12.6. The molecule has 0 fully saturated rings. The van der Waals surface area contributed by atoms with Crippen LogP contribution in [0.2, 0.25) is 3.17 Å². The molecule has 0 amide bonds. The van der Waals surface area contributed by atoms with E-state index in [2.05, 4.69) is 82.2 Å². The molecule has 1 aliphatic rings. The third kappa shape index (κ3) is 2.83. The Bertz CT molecular complexity index is 275. The van der Waals surface area contributed by atoms with E-state index < -0.39 is 20.8 Å². The SMILES string of the molecule is C[N](C)[Hf]([N](C)C)([N](C)C)[C]1(C)C=CC=C1.[Hf]. The predicted octanol–water partition coefficient (Wildman–Crippen LogP) is 1.87. The van der Waals surface area contributed by atoms with Crippen LogP contribution in [0.1, 0.15) is 6.92 Å². The summed E-state index contributed by atoms with van der Waals surface area (Å²) in [5, 5.41) is 0. The van der Waals surface area contributed by atoms with Gasteiger partial charge >= 0.3 is 106 Å². The van der Waals surface area contributed by atoms with Gasteiger partial charge in [-0.1, -0.05) is 0 Å². The van der Waals surface area contributed by atoms with Gasteiger partial charge in [-0.3, -0.25) is 0 Å². The smallest absolute Gasteiger partial charge is 0 e. The summed E-state index contributed by atoms with van der Waals surface area (Å²) in [6.45, 7) is 2.37. The molecule has 17 heavy (non-hydrogen) atoms. The van der Waals surface area contributed by atoms with Crippen molar-refractivity contribution in [2.45, 2.75) is 10.1 Å². The standard InChI is InChI=1S/C6H7.3C2H6N.2Hf/c1-6-4-2-3-5-6;3*1-3-2;;/h2-5H,1H3;3*1-2H3;;/q;3*-1;;+3. The fraction of sp³-hybridized carbons (Fsp3) is 0.667. The third-order valence-electron chi connectivity index (χ3n) is 3.59. The van der Waals surface area contributed by atoms with Gasteiger partial charge in [0.15, 0.2) is 0 Å². The second kappa shape index (κ2) is 6.51. The molecule has 5 heteroatoms. The van der Waals surface area contributed by atoms with E-state index in [-0.39, 0.29) is 29.0 Å². The van der Waals surface area contributed by atoms with Crippen LogP contribution in [0.5, 0.6) is 0 Å². The first-order valence-electron chi connectivity index (χ1n) is 5.68. The fourth-order valence-electron chi connectivity index (χ4n) is 3.44. The van der Waals surface area contributed by atoms with Crippen molar-refractivity contribution >= 4 is 0 Å². The number of rotatable bonds is 4. The molecule has 0 unspecified atom stereocenters. The molecule has 0 radical (unpaired) electrons. The van der Waals surface area contributed by atoms with E-state index in [1.807, 2.05) is 0 Å². The molecule has 0 heterocycles. The van der Waals surface area contributed by atoms with E-state index in [0.29, 0.717) is 0 Å². The first kappa shape index (κ1) is 18.1. The molecule has 1 rings (SSSR count). The van der Waals surface area contributed by atoms with Crippen molar-refractivity contribution in [3.05, 3.63) is 24.3 Å². The molecular formula is C12H25Hf2N3. The van der Waals surface area contributed by atoms with Crippen LogP contribution in [0.4, 0.5) is 0 Å². The van der Waals surface area contributed by atoms with E-state index >= 15 is 0 Å². The van der Waals surface area contributed by atoms with Crippen molar-refractivity contribution in [1.82, 2.24) is 8.66 Å². The van der Waals surface area contributed by atoms with Crippen molar-refractivity contribution in [1.29, 1.82) is 0 Å². The largest absolute Gasteiger partial charge is 0 e. The number of allylic oxidation sites excluding steroid dienone is 4. The Morgan fingerprint density at radius 3 is 1.29 bits per heavy atom. The van der Waals surface area contributed by atoms with Gasteiger partial charge in [-0.15, -0.1) is 0 Å². The van der Waals surface area contributed by atoms with E-state index in [0.717, 1.165) is 0 Å². The summed E-state index contributed by atoms with van der Waals surface area (Å²) in [6, 6.07) is 0. The molecule has 0 spiro atoms. The van der Waals surface area contributed by atoms with Crippen LogP contribution in [-0.4, -0.2) is 50.9 Å². The normalized spacial score (nSPS) is 18.2. The monoisotopic (exact) mass is 571 g/mol. The van der Waals surface area contributed by atoms with Crippen LogP contribution in [-0.2, 0) is 46.7 Å². The van der Waals surface area contributed by atoms with Gasteiger partial charge in [0.1, 0.15) is 0 Å². The van der Waals surface area contributed by atoms with Gasteiger partial charge in [-0.2, -0.15) is 0 Å². The average molecular weight is 568 g/mol. The quantitative estimate of drug-likeness (QED) is 0.480. The predicted molar refractivity (Wildman–Crippen MR) is 67.7 cm³/mol. The summed E-state index contributed by atoms with van der Waals surface area (Å²) in [5.41, 5.74) is 0. The molecule has 0 aromatic heterocycles. The van der Waals surface area contributed by atoms with Gasteiger partial charge in [-0.25, -0.2) is 0 Å².